The first-order valence-corrected chi connectivity index (χ1v) is 11.0. The Labute approximate surface area is 166 Å². The molecule has 0 atom stereocenters. The summed E-state index contributed by atoms with van der Waals surface area (Å²) >= 11 is 1.60. The molecule has 7 heteroatoms. The molecule has 3 aromatic carbocycles. The van der Waals surface area contributed by atoms with E-state index in [1.54, 1.807) is 41.7 Å². The first kappa shape index (κ1) is 18.3. The number of thiazole rings is 1. The highest BCUT2D eigenvalue weighted by atomic mass is 32.2. The molecule has 4 aromatic rings. The summed E-state index contributed by atoms with van der Waals surface area (Å²) in [5, 5.41) is 3.53. The second-order valence-corrected chi connectivity index (χ2v) is 9.20. The van der Waals surface area contributed by atoms with Gasteiger partial charge in [0.1, 0.15) is 10.8 Å². The van der Waals surface area contributed by atoms with Gasteiger partial charge in [-0.05, 0) is 48.5 Å². The van der Waals surface area contributed by atoms with Crippen LogP contribution in [0.5, 0.6) is 0 Å². The van der Waals surface area contributed by atoms with Gasteiger partial charge in [0, 0.05) is 11.3 Å². The predicted molar refractivity (Wildman–Crippen MR) is 112 cm³/mol. The molecule has 1 amide bonds. The Morgan fingerprint density at radius 1 is 0.893 bits per heavy atom. The molecule has 28 heavy (non-hydrogen) atoms. The van der Waals surface area contributed by atoms with E-state index < -0.39 is 21.5 Å². The Morgan fingerprint density at radius 2 is 1.57 bits per heavy atom. The van der Waals surface area contributed by atoms with Gasteiger partial charge in [-0.15, -0.1) is 11.3 Å². The Hall–Kier alpha value is -3.03. The van der Waals surface area contributed by atoms with Gasteiger partial charge in [-0.1, -0.05) is 30.3 Å². The first-order chi connectivity index (χ1) is 13.5. The number of amides is 1. The van der Waals surface area contributed by atoms with E-state index in [-0.39, 0.29) is 4.90 Å². The normalized spacial score (nSPS) is 11.4. The minimum Gasteiger partial charge on any atom is -0.325 e. The van der Waals surface area contributed by atoms with Gasteiger partial charge in [0.25, 0.3) is 0 Å². The second-order valence-electron chi connectivity index (χ2n) is 6.18. The van der Waals surface area contributed by atoms with Crippen molar-refractivity contribution in [3.05, 3.63) is 78.9 Å². The van der Waals surface area contributed by atoms with Crippen LogP contribution in [0.1, 0.15) is 0 Å². The van der Waals surface area contributed by atoms with Gasteiger partial charge in [0.05, 0.1) is 15.1 Å². The van der Waals surface area contributed by atoms with Crippen molar-refractivity contribution in [3.63, 3.8) is 0 Å². The summed E-state index contributed by atoms with van der Waals surface area (Å²) < 4.78 is 25.7. The molecule has 0 aliphatic rings. The van der Waals surface area contributed by atoms with Gasteiger partial charge in [0.15, 0.2) is 9.84 Å². The van der Waals surface area contributed by atoms with Crippen LogP contribution in [0, 0.1) is 0 Å². The number of carbonyl (C=O) groups is 1. The Balaban J connectivity index is 1.46. The summed E-state index contributed by atoms with van der Waals surface area (Å²) in [5.41, 5.74) is 2.43. The van der Waals surface area contributed by atoms with Crippen molar-refractivity contribution in [1.82, 2.24) is 4.98 Å². The van der Waals surface area contributed by atoms with E-state index in [0.29, 0.717) is 5.69 Å². The summed E-state index contributed by atoms with van der Waals surface area (Å²) in [6.07, 6.45) is 0. The number of aromatic nitrogens is 1. The second kappa shape index (κ2) is 7.53. The zero-order valence-corrected chi connectivity index (χ0v) is 16.3. The number of nitrogens with one attached hydrogen (secondary N) is 1. The van der Waals surface area contributed by atoms with Crippen molar-refractivity contribution in [3.8, 4) is 10.6 Å². The third kappa shape index (κ3) is 3.95. The standard InChI is InChI=1S/C21H16N2O3S2/c24-20(14-28(25,26)17-6-2-1-3-7-17)22-16-12-10-15(11-13-16)21-23-18-8-4-5-9-19(18)27-21/h1-13H,14H2,(H,22,24). The lowest BCUT2D eigenvalue weighted by Gasteiger charge is -2.07. The van der Waals surface area contributed by atoms with Crippen LogP contribution in [-0.4, -0.2) is 25.1 Å². The summed E-state index contributed by atoms with van der Waals surface area (Å²) in [4.78, 5) is 16.9. The van der Waals surface area contributed by atoms with Crippen LogP contribution in [0.3, 0.4) is 0 Å². The first-order valence-electron chi connectivity index (χ1n) is 8.55. The third-order valence-corrected chi connectivity index (χ3v) is 6.85. The zero-order valence-electron chi connectivity index (χ0n) is 14.7. The Kier molecular flexibility index (Phi) is 4.93. The largest absolute Gasteiger partial charge is 0.325 e. The van der Waals surface area contributed by atoms with Gasteiger partial charge in [0.2, 0.25) is 5.91 Å². The monoisotopic (exact) mass is 408 g/mol. The van der Waals surface area contributed by atoms with Gasteiger partial charge >= 0.3 is 0 Å². The molecule has 5 nitrogen and oxygen atoms in total. The van der Waals surface area contributed by atoms with Crippen LogP contribution >= 0.6 is 11.3 Å². The fraction of sp³-hybridized carbons (Fsp3) is 0.0476. The lowest BCUT2D eigenvalue weighted by Crippen LogP contribution is -2.22. The quantitative estimate of drug-likeness (QED) is 0.532. The third-order valence-electron chi connectivity index (χ3n) is 4.13. The number of fused-ring (bicyclic) bond motifs is 1. The fourth-order valence-electron chi connectivity index (χ4n) is 2.77. The molecule has 0 saturated carbocycles. The average Bonchev–Trinajstić information content (AvgIpc) is 3.13. The van der Waals surface area contributed by atoms with E-state index in [9.17, 15) is 13.2 Å². The molecule has 0 radical (unpaired) electrons. The zero-order chi connectivity index (χ0) is 19.6. The summed E-state index contributed by atoms with van der Waals surface area (Å²) in [5.74, 6) is -1.17. The summed E-state index contributed by atoms with van der Waals surface area (Å²) in [7, 11) is -3.67. The number of hydrogen-bond acceptors (Lipinski definition) is 5. The molecule has 0 aliphatic heterocycles. The van der Waals surface area contributed by atoms with Crippen LogP contribution in [0.2, 0.25) is 0 Å². The summed E-state index contributed by atoms with van der Waals surface area (Å²) in [6.45, 7) is 0. The number of rotatable bonds is 5. The highest BCUT2D eigenvalue weighted by Gasteiger charge is 2.19. The number of para-hydroxylation sites is 1. The molecule has 0 spiro atoms. The van der Waals surface area contributed by atoms with Crippen molar-refractivity contribution in [2.75, 3.05) is 11.1 Å². The van der Waals surface area contributed by atoms with E-state index in [4.69, 9.17) is 0 Å². The van der Waals surface area contributed by atoms with Gasteiger partial charge in [-0.25, -0.2) is 13.4 Å². The fourth-order valence-corrected chi connectivity index (χ4v) is 4.90. The molecule has 0 saturated heterocycles. The summed E-state index contributed by atoms with van der Waals surface area (Å²) in [6, 6.07) is 23.1. The molecule has 140 valence electrons. The van der Waals surface area contributed by atoms with E-state index >= 15 is 0 Å². The maximum Gasteiger partial charge on any atom is 0.239 e. The molecular weight excluding hydrogens is 392 g/mol. The maximum atomic E-state index is 12.3. The van der Waals surface area contributed by atoms with Gasteiger partial charge < -0.3 is 5.32 Å². The van der Waals surface area contributed by atoms with E-state index in [0.717, 1.165) is 20.8 Å². The maximum absolute atomic E-state index is 12.3. The number of hydrogen-bond donors (Lipinski definition) is 1. The molecule has 1 N–H and O–H groups in total. The Bertz CT molecular complexity index is 1200. The minimum absolute atomic E-state index is 0.135. The molecule has 1 aromatic heterocycles. The molecule has 0 fully saturated rings. The molecule has 0 aliphatic carbocycles. The van der Waals surface area contributed by atoms with Crippen molar-refractivity contribution in [2.24, 2.45) is 0 Å². The number of anilines is 1. The number of benzene rings is 3. The lowest BCUT2D eigenvalue weighted by atomic mass is 10.2. The van der Waals surface area contributed by atoms with Crippen LogP contribution in [0.4, 0.5) is 5.69 Å². The van der Waals surface area contributed by atoms with E-state index in [2.05, 4.69) is 10.3 Å². The lowest BCUT2D eigenvalue weighted by molar-refractivity contribution is -0.113. The van der Waals surface area contributed by atoms with Crippen LogP contribution in [0.15, 0.2) is 83.8 Å². The molecule has 1 heterocycles. The van der Waals surface area contributed by atoms with Gasteiger partial charge in [-0.3, -0.25) is 4.79 Å². The minimum atomic E-state index is -3.67. The smallest absolute Gasteiger partial charge is 0.239 e. The van der Waals surface area contributed by atoms with Crippen molar-refractivity contribution >= 4 is 43.0 Å². The van der Waals surface area contributed by atoms with Crippen molar-refractivity contribution in [1.29, 1.82) is 0 Å². The van der Waals surface area contributed by atoms with Crippen molar-refractivity contribution in [2.45, 2.75) is 4.90 Å². The Morgan fingerprint density at radius 3 is 2.29 bits per heavy atom. The molecule has 0 unspecified atom stereocenters. The topological polar surface area (TPSA) is 76.1 Å². The SMILES string of the molecule is O=C(CS(=O)(=O)c1ccccc1)Nc1ccc(-c2nc3ccccc3s2)cc1. The van der Waals surface area contributed by atoms with E-state index in [1.807, 2.05) is 36.4 Å². The predicted octanol–water partition coefficient (Wildman–Crippen LogP) is 4.38. The van der Waals surface area contributed by atoms with Crippen LogP contribution < -0.4 is 5.32 Å². The average molecular weight is 409 g/mol. The number of sulfone groups is 1. The van der Waals surface area contributed by atoms with Crippen molar-refractivity contribution < 1.29 is 13.2 Å². The van der Waals surface area contributed by atoms with Crippen LogP contribution in [-0.2, 0) is 14.6 Å². The molecular formula is C21H16N2O3S2. The highest BCUT2D eigenvalue weighted by molar-refractivity contribution is 7.92. The highest BCUT2D eigenvalue weighted by Crippen LogP contribution is 2.30. The molecule has 4 rings (SSSR count). The number of carbonyl (C=O) groups excluding carboxylic acids is 1. The van der Waals surface area contributed by atoms with Crippen LogP contribution in [0.25, 0.3) is 20.8 Å². The molecule has 0 bridgehead atoms. The number of nitrogens with zero attached hydrogens (tertiary/aromatic N) is 1. The van der Waals surface area contributed by atoms with E-state index in [1.165, 1.54) is 12.1 Å². The van der Waals surface area contributed by atoms with Gasteiger partial charge in [-0.2, -0.15) is 0 Å².